The molecule has 9 heteroatoms. The number of hydrogen-bond acceptors (Lipinski definition) is 6. The van der Waals surface area contributed by atoms with E-state index >= 15 is 0 Å². The van der Waals surface area contributed by atoms with E-state index in [4.69, 9.17) is 5.73 Å². The first-order valence-electron chi connectivity index (χ1n) is 5.94. The Bertz CT molecular complexity index is 855. The molecule has 0 bridgehead atoms. The third-order valence-corrected chi connectivity index (χ3v) is 5.29. The van der Waals surface area contributed by atoms with E-state index in [0.717, 1.165) is 17.4 Å². The second-order valence-corrected chi connectivity index (χ2v) is 7.03. The van der Waals surface area contributed by atoms with Crippen molar-refractivity contribution in [3.05, 3.63) is 45.6 Å². The van der Waals surface area contributed by atoms with Gasteiger partial charge in [0.05, 0.1) is 21.4 Å². The molecule has 1 amide bonds. The van der Waals surface area contributed by atoms with Gasteiger partial charge in [0.25, 0.3) is 15.9 Å². The molecule has 116 valence electrons. The van der Waals surface area contributed by atoms with Crippen molar-refractivity contribution in [3.8, 4) is 0 Å². The minimum Gasteiger partial charge on any atom is -0.545 e. The summed E-state index contributed by atoms with van der Waals surface area (Å²) < 4.78 is 26.8. The summed E-state index contributed by atoms with van der Waals surface area (Å²) in [4.78, 5) is 21.8. The Morgan fingerprint density at radius 2 is 1.95 bits per heavy atom. The molecule has 0 spiro atoms. The van der Waals surface area contributed by atoms with Gasteiger partial charge < -0.3 is 15.6 Å². The number of benzene rings is 1. The van der Waals surface area contributed by atoms with E-state index in [-0.39, 0.29) is 21.0 Å². The number of rotatable bonds is 5. The highest BCUT2D eigenvalue weighted by Crippen LogP contribution is 2.24. The maximum atomic E-state index is 12.3. The largest absolute Gasteiger partial charge is 0.545 e. The van der Waals surface area contributed by atoms with Crippen molar-refractivity contribution in [2.45, 2.75) is 11.8 Å². The summed E-state index contributed by atoms with van der Waals surface area (Å²) in [5.41, 5.74) is 5.60. The minimum atomic E-state index is -3.95. The predicted octanol–water partition coefficient (Wildman–Crippen LogP) is 0.320. The molecular formula is C13H11N2O5S2-. The van der Waals surface area contributed by atoms with E-state index in [9.17, 15) is 23.1 Å². The average Bonchev–Trinajstić information content (AvgIpc) is 2.91. The second-order valence-electron chi connectivity index (χ2n) is 4.43. The fourth-order valence-corrected chi connectivity index (χ4v) is 3.90. The molecule has 0 saturated heterocycles. The number of carbonyl (C=O) groups is 2. The van der Waals surface area contributed by atoms with E-state index < -0.39 is 21.9 Å². The van der Waals surface area contributed by atoms with Crippen LogP contribution in [0.15, 0.2) is 34.5 Å². The summed E-state index contributed by atoms with van der Waals surface area (Å²) in [7, 11) is -3.95. The van der Waals surface area contributed by atoms with E-state index in [0.29, 0.717) is 5.56 Å². The lowest BCUT2D eigenvalue weighted by Gasteiger charge is -2.12. The lowest BCUT2D eigenvalue weighted by Crippen LogP contribution is -2.22. The van der Waals surface area contributed by atoms with Crippen LogP contribution in [0.4, 0.5) is 5.69 Å². The minimum absolute atomic E-state index is 0.112. The standard InChI is InChI=1S/C13H12N2O5S2/c1-7-2-3-8(13(17)18)4-10(7)15-22(19,20)9-5-11(12(14)16)21-6-9/h2-6,15H,1H3,(H2,14,16)(H,17,18)/p-1. The zero-order valence-corrected chi connectivity index (χ0v) is 13.0. The van der Waals surface area contributed by atoms with Crippen LogP contribution in [0.5, 0.6) is 0 Å². The molecule has 0 fully saturated rings. The Labute approximate surface area is 130 Å². The van der Waals surface area contributed by atoms with Crippen LogP contribution in [-0.2, 0) is 10.0 Å². The van der Waals surface area contributed by atoms with Gasteiger partial charge in [-0.1, -0.05) is 12.1 Å². The van der Waals surface area contributed by atoms with E-state index in [2.05, 4.69) is 4.72 Å². The summed E-state index contributed by atoms with van der Waals surface area (Å²) in [5.74, 6) is -2.13. The number of carbonyl (C=O) groups excluding carboxylic acids is 2. The molecule has 2 aromatic rings. The Hall–Kier alpha value is -2.39. The number of sulfonamides is 1. The SMILES string of the molecule is Cc1ccc(C(=O)[O-])cc1NS(=O)(=O)c1csc(C(N)=O)c1. The van der Waals surface area contributed by atoms with Crippen molar-refractivity contribution < 1.29 is 23.1 Å². The third-order valence-electron chi connectivity index (χ3n) is 2.85. The smallest absolute Gasteiger partial charge is 0.262 e. The van der Waals surface area contributed by atoms with Crippen LogP contribution in [0.25, 0.3) is 0 Å². The van der Waals surface area contributed by atoms with Gasteiger partial charge in [0.1, 0.15) is 0 Å². The molecule has 0 unspecified atom stereocenters. The first kappa shape index (κ1) is 16.0. The first-order chi connectivity index (χ1) is 10.2. The Balaban J connectivity index is 2.37. The van der Waals surface area contributed by atoms with Gasteiger partial charge in [-0.05, 0) is 30.2 Å². The average molecular weight is 339 g/mol. The highest BCUT2D eigenvalue weighted by molar-refractivity contribution is 7.92. The quantitative estimate of drug-likeness (QED) is 0.810. The molecule has 0 atom stereocenters. The van der Waals surface area contributed by atoms with Crippen LogP contribution < -0.4 is 15.6 Å². The summed E-state index contributed by atoms with van der Waals surface area (Å²) in [5, 5.41) is 12.1. The summed E-state index contributed by atoms with van der Waals surface area (Å²) in [6, 6.07) is 5.11. The third kappa shape index (κ3) is 3.26. The number of hydrogen-bond donors (Lipinski definition) is 2. The van der Waals surface area contributed by atoms with Crippen LogP contribution in [0, 0.1) is 6.92 Å². The number of nitrogens with two attached hydrogens (primary N) is 1. The fraction of sp³-hybridized carbons (Fsp3) is 0.0769. The topological polar surface area (TPSA) is 129 Å². The molecule has 0 radical (unpaired) electrons. The number of primary amides is 1. The zero-order chi connectivity index (χ0) is 16.5. The Morgan fingerprint density at radius 1 is 1.27 bits per heavy atom. The molecule has 1 heterocycles. The molecule has 0 aliphatic heterocycles. The molecule has 0 saturated carbocycles. The highest BCUT2D eigenvalue weighted by atomic mass is 32.2. The number of aryl methyl sites for hydroxylation is 1. The summed E-state index contributed by atoms with van der Waals surface area (Å²) >= 11 is 0.910. The van der Waals surface area contributed by atoms with E-state index in [1.165, 1.54) is 23.6 Å². The Kier molecular flexibility index (Phi) is 4.20. The van der Waals surface area contributed by atoms with Crippen LogP contribution in [0.3, 0.4) is 0 Å². The van der Waals surface area contributed by atoms with Gasteiger partial charge in [0.15, 0.2) is 0 Å². The number of amides is 1. The zero-order valence-electron chi connectivity index (χ0n) is 11.3. The van der Waals surface area contributed by atoms with Crippen molar-refractivity contribution in [1.29, 1.82) is 0 Å². The summed E-state index contributed by atoms with van der Waals surface area (Å²) in [6.45, 7) is 1.62. The molecule has 22 heavy (non-hydrogen) atoms. The molecule has 2 rings (SSSR count). The molecule has 1 aromatic carbocycles. The fourth-order valence-electron chi connectivity index (χ4n) is 1.65. The number of aromatic carboxylic acids is 1. The molecule has 0 aliphatic carbocycles. The molecule has 0 aliphatic rings. The molecular weight excluding hydrogens is 328 g/mol. The van der Waals surface area contributed by atoms with Crippen molar-refractivity contribution >= 4 is 38.9 Å². The van der Waals surface area contributed by atoms with Crippen molar-refractivity contribution in [1.82, 2.24) is 0 Å². The van der Waals surface area contributed by atoms with Gasteiger partial charge >= 0.3 is 0 Å². The lowest BCUT2D eigenvalue weighted by atomic mass is 10.1. The number of carboxylic acids is 1. The lowest BCUT2D eigenvalue weighted by molar-refractivity contribution is -0.255. The monoisotopic (exact) mass is 339 g/mol. The van der Waals surface area contributed by atoms with Crippen LogP contribution in [-0.4, -0.2) is 20.3 Å². The van der Waals surface area contributed by atoms with E-state index in [1.54, 1.807) is 6.92 Å². The number of thiophene rings is 1. The first-order valence-corrected chi connectivity index (χ1v) is 8.30. The second kappa shape index (κ2) is 5.78. The van der Waals surface area contributed by atoms with E-state index in [1.807, 2.05) is 0 Å². The van der Waals surface area contributed by atoms with Gasteiger partial charge in [-0.25, -0.2) is 8.42 Å². The molecule has 1 aromatic heterocycles. The maximum absolute atomic E-state index is 12.3. The van der Waals surface area contributed by atoms with Crippen molar-refractivity contribution in [3.63, 3.8) is 0 Å². The van der Waals surface area contributed by atoms with Crippen LogP contribution in [0.2, 0.25) is 0 Å². The van der Waals surface area contributed by atoms with Crippen LogP contribution in [0.1, 0.15) is 25.6 Å². The van der Waals surface area contributed by atoms with Gasteiger partial charge in [0.2, 0.25) is 0 Å². The number of carboxylic acid groups (broad SMARTS) is 1. The summed E-state index contributed by atoms with van der Waals surface area (Å²) in [6.07, 6.45) is 0. The molecule has 3 N–H and O–H groups in total. The van der Waals surface area contributed by atoms with Gasteiger partial charge in [-0.15, -0.1) is 11.3 Å². The normalized spacial score (nSPS) is 11.1. The van der Waals surface area contributed by atoms with Crippen molar-refractivity contribution in [2.75, 3.05) is 4.72 Å². The van der Waals surface area contributed by atoms with Gasteiger partial charge in [0, 0.05) is 5.38 Å². The Morgan fingerprint density at radius 3 is 2.50 bits per heavy atom. The number of nitrogens with one attached hydrogen (secondary N) is 1. The van der Waals surface area contributed by atoms with Gasteiger partial charge in [-0.3, -0.25) is 9.52 Å². The van der Waals surface area contributed by atoms with Crippen LogP contribution >= 0.6 is 11.3 Å². The number of anilines is 1. The highest BCUT2D eigenvalue weighted by Gasteiger charge is 2.19. The van der Waals surface area contributed by atoms with Gasteiger partial charge in [-0.2, -0.15) is 0 Å². The predicted molar refractivity (Wildman–Crippen MR) is 79.2 cm³/mol. The van der Waals surface area contributed by atoms with Crippen molar-refractivity contribution in [2.24, 2.45) is 5.73 Å². The molecule has 7 nitrogen and oxygen atoms in total. The maximum Gasteiger partial charge on any atom is 0.262 e.